The van der Waals surface area contributed by atoms with Gasteiger partial charge in [-0.25, -0.2) is 0 Å². The van der Waals surface area contributed by atoms with Crippen molar-refractivity contribution in [3.05, 3.63) is 35.4 Å². The zero-order valence-electron chi connectivity index (χ0n) is 8.76. The number of nitrogens with zero attached hydrogens (tertiary/aromatic N) is 2. The Morgan fingerprint density at radius 1 is 1.38 bits per heavy atom. The van der Waals surface area contributed by atoms with Gasteiger partial charge in [0, 0.05) is 13.1 Å². The molecule has 1 heterocycles. The van der Waals surface area contributed by atoms with Gasteiger partial charge in [-0.2, -0.15) is 0 Å². The number of nitrogens with two attached hydrogens (primary N) is 1. The molecular weight excluding hydrogens is 206 g/mol. The van der Waals surface area contributed by atoms with E-state index in [9.17, 15) is 4.79 Å². The second kappa shape index (κ2) is 4.22. The monoisotopic (exact) mass is 219 g/mol. The number of hydrogen-bond acceptors (Lipinski definition) is 3. The van der Waals surface area contributed by atoms with Crippen molar-refractivity contribution in [2.24, 2.45) is 10.9 Å². The fraction of sp³-hybridized carbons (Fsp3) is 0.273. The molecule has 0 saturated carbocycles. The molecule has 5 heteroatoms. The minimum absolute atomic E-state index is 0.0372. The van der Waals surface area contributed by atoms with Crippen molar-refractivity contribution in [1.82, 2.24) is 4.90 Å². The summed E-state index contributed by atoms with van der Waals surface area (Å²) in [6.07, 6.45) is -0.0372. The van der Waals surface area contributed by atoms with Crippen molar-refractivity contribution >= 4 is 11.7 Å². The molecule has 84 valence electrons. The SMILES string of the molecule is NC(CC(=O)N1Cc2ccccc2C1)=NO. The summed E-state index contributed by atoms with van der Waals surface area (Å²) < 4.78 is 0. The second-order valence-corrected chi connectivity index (χ2v) is 3.79. The van der Waals surface area contributed by atoms with Crippen molar-refractivity contribution in [3.63, 3.8) is 0 Å². The summed E-state index contributed by atoms with van der Waals surface area (Å²) in [6, 6.07) is 7.92. The number of amidine groups is 1. The van der Waals surface area contributed by atoms with E-state index in [2.05, 4.69) is 5.16 Å². The highest BCUT2D eigenvalue weighted by molar-refractivity contribution is 5.98. The quantitative estimate of drug-likeness (QED) is 0.332. The molecule has 16 heavy (non-hydrogen) atoms. The van der Waals surface area contributed by atoms with Gasteiger partial charge >= 0.3 is 0 Å². The van der Waals surface area contributed by atoms with Gasteiger partial charge in [-0.1, -0.05) is 29.4 Å². The Hall–Kier alpha value is -2.04. The van der Waals surface area contributed by atoms with Gasteiger partial charge in [0.25, 0.3) is 0 Å². The third-order valence-corrected chi connectivity index (χ3v) is 2.65. The first-order valence-corrected chi connectivity index (χ1v) is 5.01. The summed E-state index contributed by atoms with van der Waals surface area (Å²) in [5.74, 6) is -0.174. The van der Waals surface area contributed by atoms with Crippen LogP contribution < -0.4 is 5.73 Å². The lowest BCUT2D eigenvalue weighted by Crippen LogP contribution is -2.29. The second-order valence-electron chi connectivity index (χ2n) is 3.79. The Kier molecular flexibility index (Phi) is 2.76. The third kappa shape index (κ3) is 1.98. The van der Waals surface area contributed by atoms with Gasteiger partial charge in [0.15, 0.2) is 0 Å². The lowest BCUT2D eigenvalue weighted by Gasteiger charge is -2.14. The molecule has 0 fully saturated rings. The Bertz CT molecular complexity index is 418. The molecule has 0 aliphatic carbocycles. The number of carbonyl (C=O) groups is 1. The lowest BCUT2D eigenvalue weighted by molar-refractivity contribution is -0.130. The van der Waals surface area contributed by atoms with Crippen molar-refractivity contribution in [2.75, 3.05) is 0 Å². The topological polar surface area (TPSA) is 78.9 Å². The van der Waals surface area contributed by atoms with Crippen LogP contribution in [0.3, 0.4) is 0 Å². The molecule has 1 aromatic rings. The highest BCUT2D eigenvalue weighted by Gasteiger charge is 2.23. The van der Waals surface area contributed by atoms with E-state index in [1.54, 1.807) is 4.90 Å². The molecule has 1 aromatic carbocycles. The zero-order valence-corrected chi connectivity index (χ0v) is 8.76. The minimum Gasteiger partial charge on any atom is -0.409 e. The normalized spacial score (nSPS) is 15.0. The number of fused-ring (bicyclic) bond motifs is 1. The van der Waals surface area contributed by atoms with Gasteiger partial charge in [0.1, 0.15) is 5.84 Å². The van der Waals surface area contributed by atoms with Crippen molar-refractivity contribution in [2.45, 2.75) is 19.5 Å². The average Bonchev–Trinajstić information content (AvgIpc) is 2.72. The summed E-state index contributed by atoms with van der Waals surface area (Å²) in [7, 11) is 0. The first-order chi connectivity index (χ1) is 7.70. The van der Waals surface area contributed by atoms with Crippen molar-refractivity contribution < 1.29 is 10.0 Å². The maximum Gasteiger partial charge on any atom is 0.230 e. The maximum absolute atomic E-state index is 11.7. The molecule has 1 aliphatic rings. The third-order valence-electron chi connectivity index (χ3n) is 2.65. The molecule has 5 nitrogen and oxygen atoms in total. The average molecular weight is 219 g/mol. The molecule has 3 N–H and O–H groups in total. The fourth-order valence-electron chi connectivity index (χ4n) is 1.81. The van der Waals surface area contributed by atoms with E-state index in [1.807, 2.05) is 24.3 Å². The maximum atomic E-state index is 11.7. The predicted octanol–water partition coefficient (Wildman–Crippen LogP) is 0.665. The van der Waals surface area contributed by atoms with Crippen LogP contribution in [0.25, 0.3) is 0 Å². The molecule has 0 aromatic heterocycles. The largest absolute Gasteiger partial charge is 0.409 e. The van der Waals surface area contributed by atoms with Crippen LogP contribution in [0.4, 0.5) is 0 Å². The van der Waals surface area contributed by atoms with Crippen LogP contribution in [0.15, 0.2) is 29.4 Å². The first-order valence-electron chi connectivity index (χ1n) is 5.01. The van der Waals surface area contributed by atoms with Crippen LogP contribution in [0.2, 0.25) is 0 Å². The smallest absolute Gasteiger partial charge is 0.230 e. The van der Waals surface area contributed by atoms with Crippen LogP contribution in [-0.2, 0) is 17.9 Å². The highest BCUT2D eigenvalue weighted by atomic mass is 16.4. The van der Waals surface area contributed by atoms with Gasteiger partial charge in [-0.15, -0.1) is 0 Å². The van der Waals surface area contributed by atoms with E-state index in [-0.39, 0.29) is 18.2 Å². The standard InChI is InChI=1S/C11H13N3O2/c12-10(13-16)5-11(15)14-6-8-3-1-2-4-9(8)7-14/h1-4,16H,5-7H2,(H2,12,13). The van der Waals surface area contributed by atoms with E-state index in [4.69, 9.17) is 10.9 Å². The Balaban J connectivity index is 2.04. The number of oxime groups is 1. The van der Waals surface area contributed by atoms with Crippen molar-refractivity contribution in [3.8, 4) is 0 Å². The van der Waals surface area contributed by atoms with E-state index < -0.39 is 0 Å². The lowest BCUT2D eigenvalue weighted by atomic mass is 10.1. The molecule has 0 unspecified atom stereocenters. The summed E-state index contributed by atoms with van der Waals surface area (Å²) >= 11 is 0. The number of amides is 1. The Morgan fingerprint density at radius 3 is 2.44 bits per heavy atom. The number of hydrogen-bond donors (Lipinski definition) is 2. The highest BCUT2D eigenvalue weighted by Crippen LogP contribution is 2.22. The van der Waals surface area contributed by atoms with Gasteiger partial charge < -0.3 is 15.8 Å². The van der Waals surface area contributed by atoms with Crippen LogP contribution in [0.5, 0.6) is 0 Å². The van der Waals surface area contributed by atoms with Crippen LogP contribution in [-0.4, -0.2) is 21.8 Å². The minimum atomic E-state index is -0.119. The molecular formula is C11H13N3O2. The summed E-state index contributed by atoms with van der Waals surface area (Å²) in [5, 5.41) is 11.2. The summed E-state index contributed by atoms with van der Waals surface area (Å²) in [6.45, 7) is 1.21. The molecule has 0 saturated heterocycles. The fourth-order valence-corrected chi connectivity index (χ4v) is 1.81. The van der Waals surface area contributed by atoms with E-state index in [0.29, 0.717) is 13.1 Å². The van der Waals surface area contributed by atoms with Crippen LogP contribution in [0, 0.1) is 0 Å². The van der Waals surface area contributed by atoms with Gasteiger partial charge in [0.05, 0.1) is 6.42 Å². The Labute approximate surface area is 93.2 Å². The van der Waals surface area contributed by atoms with Crippen LogP contribution in [0.1, 0.15) is 17.5 Å². The van der Waals surface area contributed by atoms with E-state index in [0.717, 1.165) is 11.1 Å². The number of rotatable bonds is 2. The molecule has 0 radical (unpaired) electrons. The zero-order chi connectivity index (χ0) is 11.5. The predicted molar refractivity (Wildman–Crippen MR) is 58.7 cm³/mol. The van der Waals surface area contributed by atoms with E-state index in [1.165, 1.54) is 0 Å². The summed E-state index contributed by atoms with van der Waals surface area (Å²) in [4.78, 5) is 13.4. The first kappa shape index (κ1) is 10.5. The van der Waals surface area contributed by atoms with E-state index >= 15 is 0 Å². The van der Waals surface area contributed by atoms with Gasteiger partial charge in [-0.3, -0.25) is 4.79 Å². The summed E-state index contributed by atoms with van der Waals surface area (Å²) in [5.41, 5.74) is 7.62. The van der Waals surface area contributed by atoms with Crippen LogP contribution >= 0.6 is 0 Å². The number of benzene rings is 1. The van der Waals surface area contributed by atoms with Gasteiger partial charge in [0.2, 0.25) is 5.91 Å². The van der Waals surface area contributed by atoms with Crippen molar-refractivity contribution in [1.29, 1.82) is 0 Å². The molecule has 0 spiro atoms. The molecule has 0 atom stereocenters. The molecule has 1 amide bonds. The van der Waals surface area contributed by atoms with Gasteiger partial charge in [-0.05, 0) is 11.1 Å². The molecule has 0 bridgehead atoms. The number of carbonyl (C=O) groups excluding carboxylic acids is 1. The Morgan fingerprint density at radius 2 is 1.94 bits per heavy atom. The molecule has 1 aliphatic heterocycles. The molecule has 2 rings (SSSR count).